The summed E-state index contributed by atoms with van der Waals surface area (Å²) < 4.78 is 0. The molecule has 6 heteroatoms. The second kappa shape index (κ2) is 9.36. The molecule has 2 aromatic rings. The van der Waals surface area contributed by atoms with Gasteiger partial charge in [0.1, 0.15) is 6.33 Å². The van der Waals surface area contributed by atoms with Gasteiger partial charge in [0, 0.05) is 18.2 Å². The monoisotopic (exact) mass is 356 g/mol. The van der Waals surface area contributed by atoms with Gasteiger partial charge in [-0.2, -0.15) is 5.10 Å². The van der Waals surface area contributed by atoms with Gasteiger partial charge in [-0.05, 0) is 43.7 Å². The fraction of sp³-hybridized carbons (Fsp3) is 0.550. The van der Waals surface area contributed by atoms with Gasteiger partial charge >= 0.3 is 0 Å². The molecule has 2 rings (SSSR count). The van der Waals surface area contributed by atoms with Crippen molar-refractivity contribution < 1.29 is 0 Å². The summed E-state index contributed by atoms with van der Waals surface area (Å²) in [5.41, 5.74) is 2.51. The summed E-state index contributed by atoms with van der Waals surface area (Å²) in [5, 5.41) is 13.7. The number of aliphatic imine (C=N–C) groups is 1. The summed E-state index contributed by atoms with van der Waals surface area (Å²) in [7, 11) is 0. The van der Waals surface area contributed by atoms with Gasteiger partial charge in [-0.1, -0.05) is 39.0 Å². The predicted octanol–water partition coefficient (Wildman–Crippen LogP) is 3.74. The van der Waals surface area contributed by atoms with Crippen LogP contribution in [0.15, 0.2) is 35.6 Å². The molecule has 0 aliphatic carbocycles. The number of hydrogen-bond acceptors (Lipinski definition) is 3. The van der Waals surface area contributed by atoms with Crippen LogP contribution in [-0.2, 0) is 6.54 Å². The first-order valence-electron chi connectivity index (χ1n) is 9.37. The molecule has 0 aliphatic heterocycles. The molecule has 0 radical (unpaired) electrons. The molecule has 142 valence electrons. The van der Waals surface area contributed by atoms with Gasteiger partial charge < -0.3 is 10.6 Å². The van der Waals surface area contributed by atoms with Gasteiger partial charge in [0.15, 0.2) is 11.8 Å². The first kappa shape index (κ1) is 19.9. The molecule has 1 heterocycles. The molecule has 0 bridgehead atoms. The van der Waals surface area contributed by atoms with E-state index in [4.69, 9.17) is 4.99 Å². The van der Waals surface area contributed by atoms with Crippen molar-refractivity contribution in [3.8, 4) is 11.4 Å². The van der Waals surface area contributed by atoms with E-state index in [0.717, 1.165) is 35.9 Å². The van der Waals surface area contributed by atoms with Crippen LogP contribution in [-0.4, -0.2) is 33.7 Å². The average Bonchev–Trinajstić information content (AvgIpc) is 3.12. The average molecular weight is 357 g/mol. The lowest BCUT2D eigenvalue weighted by atomic mass is 9.89. The molecule has 1 atom stereocenters. The molecule has 0 aliphatic rings. The minimum absolute atomic E-state index is 0.354. The predicted molar refractivity (Wildman–Crippen MR) is 108 cm³/mol. The minimum Gasteiger partial charge on any atom is -0.357 e. The number of nitrogens with one attached hydrogen (secondary N) is 3. The van der Waals surface area contributed by atoms with E-state index < -0.39 is 0 Å². The highest BCUT2D eigenvalue weighted by molar-refractivity contribution is 5.80. The van der Waals surface area contributed by atoms with Crippen molar-refractivity contribution in [2.45, 2.75) is 60.0 Å². The Morgan fingerprint density at radius 2 is 2.12 bits per heavy atom. The van der Waals surface area contributed by atoms with Crippen LogP contribution >= 0.6 is 0 Å². The van der Waals surface area contributed by atoms with Crippen molar-refractivity contribution in [2.75, 3.05) is 6.54 Å². The lowest BCUT2D eigenvalue weighted by Gasteiger charge is -2.23. The first-order valence-corrected chi connectivity index (χ1v) is 9.37. The van der Waals surface area contributed by atoms with Crippen LogP contribution in [0.3, 0.4) is 0 Å². The van der Waals surface area contributed by atoms with Crippen molar-refractivity contribution in [3.63, 3.8) is 0 Å². The molecular formula is C20H32N6. The lowest BCUT2D eigenvalue weighted by Crippen LogP contribution is -2.42. The molecule has 6 nitrogen and oxygen atoms in total. The summed E-state index contributed by atoms with van der Waals surface area (Å²) in [6, 6.07) is 8.60. The Balaban J connectivity index is 1.99. The standard InChI is InChI=1S/C20H32N6/c1-6-21-19(25-15(2)10-11-20(3,4)5)22-13-16-8-7-9-17(12-16)18-23-14-24-26-18/h7-9,12,14-15H,6,10-11,13H2,1-5H3,(H2,21,22,25)(H,23,24,26). The van der Waals surface area contributed by atoms with Crippen molar-refractivity contribution >= 4 is 5.96 Å². The molecule has 0 amide bonds. The van der Waals surface area contributed by atoms with Crippen LogP contribution < -0.4 is 10.6 Å². The van der Waals surface area contributed by atoms with E-state index in [-0.39, 0.29) is 0 Å². The third kappa shape index (κ3) is 6.86. The number of H-pyrrole nitrogens is 1. The smallest absolute Gasteiger partial charge is 0.191 e. The molecule has 0 spiro atoms. The molecule has 1 aromatic heterocycles. The summed E-state index contributed by atoms with van der Waals surface area (Å²) in [5.74, 6) is 1.63. The van der Waals surface area contributed by atoms with Crippen molar-refractivity contribution in [1.29, 1.82) is 0 Å². The molecule has 1 aromatic carbocycles. The van der Waals surface area contributed by atoms with Gasteiger partial charge in [0.05, 0.1) is 6.54 Å². The van der Waals surface area contributed by atoms with Crippen LogP contribution in [0.2, 0.25) is 0 Å². The molecule has 0 saturated carbocycles. The second-order valence-electron chi connectivity index (χ2n) is 7.87. The van der Waals surface area contributed by atoms with Gasteiger partial charge in [-0.25, -0.2) is 9.98 Å². The Hall–Kier alpha value is -2.37. The zero-order valence-corrected chi connectivity index (χ0v) is 16.6. The second-order valence-corrected chi connectivity index (χ2v) is 7.87. The molecule has 26 heavy (non-hydrogen) atoms. The van der Waals surface area contributed by atoms with Gasteiger partial charge in [0.2, 0.25) is 0 Å². The maximum absolute atomic E-state index is 4.74. The van der Waals surface area contributed by atoms with Crippen molar-refractivity contribution in [3.05, 3.63) is 36.2 Å². The number of rotatable bonds is 7. The Bertz CT molecular complexity index is 685. The van der Waals surface area contributed by atoms with E-state index in [1.54, 1.807) is 0 Å². The third-order valence-electron chi connectivity index (χ3n) is 4.09. The SMILES string of the molecule is CCNC(=NCc1cccc(-c2ncn[nH]2)c1)NC(C)CCC(C)(C)C. The highest BCUT2D eigenvalue weighted by Crippen LogP contribution is 2.21. The number of hydrogen-bond donors (Lipinski definition) is 3. The lowest BCUT2D eigenvalue weighted by molar-refractivity contribution is 0.346. The van der Waals surface area contributed by atoms with Crippen molar-refractivity contribution in [1.82, 2.24) is 25.8 Å². The van der Waals surface area contributed by atoms with E-state index in [9.17, 15) is 0 Å². The molecular weight excluding hydrogens is 324 g/mol. The highest BCUT2D eigenvalue weighted by atomic mass is 15.2. The van der Waals surface area contributed by atoms with Gasteiger partial charge in [-0.15, -0.1) is 0 Å². The molecule has 0 saturated heterocycles. The Morgan fingerprint density at radius 3 is 2.77 bits per heavy atom. The zero-order valence-electron chi connectivity index (χ0n) is 16.6. The zero-order chi connectivity index (χ0) is 19.0. The fourth-order valence-corrected chi connectivity index (χ4v) is 2.61. The molecule has 3 N–H and O–H groups in total. The summed E-state index contributed by atoms with van der Waals surface area (Å²) >= 11 is 0. The van der Waals surface area contributed by atoms with Crippen LogP contribution in [0.25, 0.3) is 11.4 Å². The summed E-state index contributed by atoms with van der Waals surface area (Å²) in [6.45, 7) is 12.6. The third-order valence-corrected chi connectivity index (χ3v) is 4.09. The Kier molecular flexibility index (Phi) is 7.18. The van der Waals surface area contributed by atoms with Crippen LogP contribution in [0, 0.1) is 5.41 Å². The Labute approximate surface area is 156 Å². The number of benzene rings is 1. The number of aromatic nitrogens is 3. The van der Waals surface area contributed by atoms with E-state index in [1.165, 1.54) is 12.7 Å². The summed E-state index contributed by atoms with van der Waals surface area (Å²) in [6.07, 6.45) is 3.82. The topological polar surface area (TPSA) is 78.0 Å². The number of guanidine groups is 1. The van der Waals surface area contributed by atoms with E-state index in [0.29, 0.717) is 18.0 Å². The van der Waals surface area contributed by atoms with E-state index >= 15 is 0 Å². The van der Waals surface area contributed by atoms with E-state index in [2.05, 4.69) is 72.6 Å². The maximum atomic E-state index is 4.74. The minimum atomic E-state index is 0.354. The summed E-state index contributed by atoms with van der Waals surface area (Å²) in [4.78, 5) is 8.94. The largest absolute Gasteiger partial charge is 0.357 e. The van der Waals surface area contributed by atoms with Crippen LogP contribution in [0.4, 0.5) is 0 Å². The fourth-order valence-electron chi connectivity index (χ4n) is 2.61. The quantitative estimate of drug-likeness (QED) is 0.522. The maximum Gasteiger partial charge on any atom is 0.191 e. The van der Waals surface area contributed by atoms with Crippen LogP contribution in [0.1, 0.15) is 53.0 Å². The van der Waals surface area contributed by atoms with Crippen LogP contribution in [0.5, 0.6) is 0 Å². The first-order chi connectivity index (χ1) is 12.4. The van der Waals surface area contributed by atoms with E-state index in [1.807, 2.05) is 12.1 Å². The Morgan fingerprint density at radius 1 is 1.31 bits per heavy atom. The molecule has 1 unspecified atom stereocenters. The molecule has 0 fully saturated rings. The van der Waals surface area contributed by atoms with Crippen molar-refractivity contribution in [2.24, 2.45) is 10.4 Å². The van der Waals surface area contributed by atoms with Gasteiger partial charge in [-0.3, -0.25) is 5.10 Å². The highest BCUT2D eigenvalue weighted by Gasteiger charge is 2.13. The number of nitrogens with zero attached hydrogens (tertiary/aromatic N) is 3. The number of aromatic amines is 1. The normalized spacial score (nSPS) is 13.5. The van der Waals surface area contributed by atoms with Gasteiger partial charge in [0.25, 0.3) is 0 Å².